The van der Waals surface area contributed by atoms with Crippen LogP contribution in [0.25, 0.3) is 11.0 Å². The topological polar surface area (TPSA) is 39.4 Å². The Labute approximate surface area is 114 Å². The van der Waals surface area contributed by atoms with Crippen molar-refractivity contribution in [1.82, 2.24) is 0 Å². The van der Waals surface area contributed by atoms with E-state index in [0.29, 0.717) is 22.3 Å². The minimum absolute atomic E-state index is 0.0821. The van der Waals surface area contributed by atoms with Crippen molar-refractivity contribution in [3.05, 3.63) is 76.4 Å². The molecule has 3 aromatic rings. The highest BCUT2D eigenvalue weighted by Crippen LogP contribution is 2.14. The fourth-order valence-electron chi connectivity index (χ4n) is 1.91. The fraction of sp³-hybridized carbons (Fsp3) is 0.0625. The first-order valence-electron chi connectivity index (χ1n) is 6.12. The summed E-state index contributed by atoms with van der Waals surface area (Å²) in [5, 5.41) is 0.521. The van der Waals surface area contributed by atoms with E-state index in [2.05, 4.69) is 0 Å². The molecule has 0 saturated carbocycles. The Balaban J connectivity index is 1.86. The fourth-order valence-corrected chi connectivity index (χ4v) is 1.91. The Morgan fingerprint density at radius 1 is 1.05 bits per heavy atom. The number of fused-ring (bicyclic) bond motifs is 1. The molecule has 20 heavy (non-hydrogen) atoms. The van der Waals surface area contributed by atoms with Gasteiger partial charge < -0.3 is 9.15 Å². The van der Waals surface area contributed by atoms with Crippen LogP contribution in [0.4, 0.5) is 4.39 Å². The van der Waals surface area contributed by atoms with Crippen LogP contribution in [-0.4, -0.2) is 0 Å². The molecule has 0 aliphatic heterocycles. The predicted molar refractivity (Wildman–Crippen MR) is 73.2 cm³/mol. The Bertz CT molecular complexity index is 791. The van der Waals surface area contributed by atoms with Crippen molar-refractivity contribution in [1.29, 1.82) is 0 Å². The van der Waals surface area contributed by atoms with Gasteiger partial charge in [0.1, 0.15) is 30.0 Å². The van der Waals surface area contributed by atoms with Crippen LogP contribution < -0.4 is 10.2 Å². The predicted octanol–water partition coefficient (Wildman–Crippen LogP) is 3.51. The van der Waals surface area contributed by atoms with Gasteiger partial charge in [-0.2, -0.15) is 0 Å². The minimum Gasteiger partial charge on any atom is -0.489 e. The van der Waals surface area contributed by atoms with Crippen molar-refractivity contribution in [2.75, 3.05) is 0 Å². The van der Waals surface area contributed by atoms with Gasteiger partial charge in [-0.1, -0.05) is 12.1 Å². The van der Waals surface area contributed by atoms with Gasteiger partial charge in [-0.25, -0.2) is 4.39 Å². The molecule has 1 heterocycles. The van der Waals surface area contributed by atoms with Crippen LogP contribution in [-0.2, 0) is 6.61 Å². The summed E-state index contributed by atoms with van der Waals surface area (Å²) in [4.78, 5) is 12.2. The van der Waals surface area contributed by atoms with Crippen molar-refractivity contribution in [3.8, 4) is 5.75 Å². The van der Waals surface area contributed by atoms with E-state index in [9.17, 15) is 9.18 Å². The van der Waals surface area contributed by atoms with Gasteiger partial charge in [0.25, 0.3) is 0 Å². The van der Waals surface area contributed by atoms with E-state index in [1.807, 2.05) is 0 Å². The third kappa shape index (κ3) is 2.40. The highest BCUT2D eigenvalue weighted by Gasteiger charge is 2.07. The maximum Gasteiger partial charge on any atom is 0.199 e. The molecule has 0 unspecified atom stereocenters. The summed E-state index contributed by atoms with van der Waals surface area (Å²) < 4.78 is 23.6. The Morgan fingerprint density at radius 2 is 1.80 bits per heavy atom. The molecule has 0 bridgehead atoms. The zero-order chi connectivity index (χ0) is 13.9. The smallest absolute Gasteiger partial charge is 0.199 e. The third-order valence-electron chi connectivity index (χ3n) is 2.96. The van der Waals surface area contributed by atoms with Gasteiger partial charge in [0.05, 0.1) is 10.9 Å². The molecular weight excluding hydrogens is 259 g/mol. The van der Waals surface area contributed by atoms with E-state index in [1.165, 1.54) is 30.5 Å². The number of rotatable bonds is 3. The first-order chi connectivity index (χ1) is 9.74. The number of hydrogen-bond acceptors (Lipinski definition) is 3. The second-order valence-electron chi connectivity index (χ2n) is 4.33. The molecule has 0 radical (unpaired) electrons. The monoisotopic (exact) mass is 270 g/mol. The van der Waals surface area contributed by atoms with E-state index >= 15 is 0 Å². The van der Waals surface area contributed by atoms with Crippen LogP contribution in [0.5, 0.6) is 5.75 Å². The Hall–Kier alpha value is -2.62. The molecule has 0 fully saturated rings. The molecule has 0 aliphatic rings. The first-order valence-corrected chi connectivity index (χ1v) is 6.12. The highest BCUT2D eigenvalue weighted by atomic mass is 19.1. The molecule has 0 amide bonds. The maximum atomic E-state index is 12.8. The van der Waals surface area contributed by atoms with Crippen LogP contribution in [0.2, 0.25) is 0 Å². The number of halogens is 1. The Morgan fingerprint density at radius 3 is 2.60 bits per heavy atom. The first kappa shape index (κ1) is 12.4. The molecular formula is C16H11FO3. The summed E-state index contributed by atoms with van der Waals surface area (Å²) in [6, 6.07) is 12.7. The van der Waals surface area contributed by atoms with Crippen LogP contribution in [0.15, 0.2) is 64.0 Å². The van der Waals surface area contributed by atoms with E-state index in [1.54, 1.807) is 24.3 Å². The van der Waals surface area contributed by atoms with E-state index in [0.717, 1.165) is 0 Å². The molecule has 1 aromatic heterocycles. The lowest BCUT2D eigenvalue weighted by Crippen LogP contribution is -2.11. The van der Waals surface area contributed by atoms with Gasteiger partial charge in [0.15, 0.2) is 5.43 Å². The van der Waals surface area contributed by atoms with Crippen molar-refractivity contribution >= 4 is 11.0 Å². The summed E-state index contributed by atoms with van der Waals surface area (Å²) in [6.07, 6.45) is 1.40. The minimum atomic E-state index is -0.331. The zero-order valence-electron chi connectivity index (χ0n) is 10.5. The molecule has 0 atom stereocenters. The van der Waals surface area contributed by atoms with Crippen molar-refractivity contribution in [3.63, 3.8) is 0 Å². The van der Waals surface area contributed by atoms with Crippen LogP contribution in [0, 0.1) is 5.82 Å². The summed E-state index contributed by atoms with van der Waals surface area (Å²) in [5.74, 6) is 0.168. The second kappa shape index (κ2) is 5.17. The van der Waals surface area contributed by atoms with Gasteiger partial charge in [0, 0.05) is 0 Å². The second-order valence-corrected chi connectivity index (χ2v) is 4.33. The van der Waals surface area contributed by atoms with E-state index in [-0.39, 0.29) is 17.9 Å². The molecule has 3 rings (SSSR count). The zero-order valence-corrected chi connectivity index (χ0v) is 10.5. The van der Waals surface area contributed by atoms with Gasteiger partial charge in [0.2, 0.25) is 0 Å². The molecule has 4 heteroatoms. The molecule has 100 valence electrons. The molecule has 0 spiro atoms. The van der Waals surface area contributed by atoms with Crippen molar-refractivity contribution in [2.45, 2.75) is 6.61 Å². The quantitative estimate of drug-likeness (QED) is 0.731. The number of hydrogen-bond donors (Lipinski definition) is 0. The summed E-state index contributed by atoms with van der Waals surface area (Å²) in [6.45, 7) is 0.0821. The molecule has 3 nitrogen and oxygen atoms in total. The normalized spacial score (nSPS) is 10.7. The number of ether oxygens (including phenoxy) is 1. The average Bonchev–Trinajstić information content (AvgIpc) is 2.49. The summed E-state index contributed by atoms with van der Waals surface area (Å²) >= 11 is 0. The van der Waals surface area contributed by atoms with Crippen molar-refractivity contribution < 1.29 is 13.5 Å². The average molecular weight is 270 g/mol. The maximum absolute atomic E-state index is 12.8. The molecule has 0 saturated heterocycles. The number of para-hydroxylation sites is 1. The third-order valence-corrected chi connectivity index (χ3v) is 2.96. The summed E-state index contributed by atoms with van der Waals surface area (Å²) in [7, 11) is 0. The lowest BCUT2D eigenvalue weighted by atomic mass is 10.2. The largest absolute Gasteiger partial charge is 0.489 e. The lowest BCUT2D eigenvalue weighted by Gasteiger charge is -2.06. The highest BCUT2D eigenvalue weighted by molar-refractivity contribution is 5.76. The van der Waals surface area contributed by atoms with E-state index in [4.69, 9.17) is 9.15 Å². The van der Waals surface area contributed by atoms with Crippen molar-refractivity contribution in [2.24, 2.45) is 0 Å². The van der Waals surface area contributed by atoms with Gasteiger partial charge in [-0.15, -0.1) is 0 Å². The van der Waals surface area contributed by atoms with E-state index < -0.39 is 0 Å². The molecule has 0 N–H and O–H groups in total. The number of benzene rings is 2. The molecule has 0 aliphatic carbocycles. The van der Waals surface area contributed by atoms with Crippen LogP contribution in [0.1, 0.15) is 5.56 Å². The van der Waals surface area contributed by atoms with Gasteiger partial charge in [-0.3, -0.25) is 4.79 Å². The van der Waals surface area contributed by atoms with Crippen LogP contribution in [0.3, 0.4) is 0 Å². The van der Waals surface area contributed by atoms with Crippen LogP contribution >= 0.6 is 0 Å². The SMILES string of the molecule is O=c1c(COc2ccc(F)cc2)coc2ccccc12. The Kier molecular flexibility index (Phi) is 3.21. The summed E-state index contributed by atoms with van der Waals surface area (Å²) in [5.41, 5.74) is 0.852. The lowest BCUT2D eigenvalue weighted by molar-refractivity contribution is 0.301. The standard InChI is InChI=1S/C16H11FO3/c17-12-5-7-13(8-6-12)19-9-11-10-20-15-4-2-1-3-14(15)16(11)18/h1-8,10H,9H2. The van der Waals surface area contributed by atoms with Gasteiger partial charge in [-0.05, 0) is 36.4 Å². The molecule has 2 aromatic carbocycles. The van der Waals surface area contributed by atoms with Gasteiger partial charge >= 0.3 is 0 Å².